The number of carbonyl (C=O) groups is 1. The molecule has 7 nitrogen and oxygen atoms in total. The van der Waals surface area contributed by atoms with Gasteiger partial charge in [-0.05, 0) is 71.6 Å². The zero-order valence-corrected chi connectivity index (χ0v) is 20.6. The molecular weight excluding hydrogens is 446 g/mol. The summed E-state index contributed by atoms with van der Waals surface area (Å²) in [6.07, 6.45) is 1.02. The van der Waals surface area contributed by atoms with Gasteiger partial charge in [0.2, 0.25) is 5.91 Å². The van der Waals surface area contributed by atoms with Crippen molar-refractivity contribution in [1.82, 2.24) is 4.90 Å². The Labute approximate surface area is 206 Å². The number of benzene rings is 3. The highest BCUT2D eigenvalue weighted by Crippen LogP contribution is 2.38. The summed E-state index contributed by atoms with van der Waals surface area (Å²) < 4.78 is 27.7. The van der Waals surface area contributed by atoms with Crippen LogP contribution in [0.3, 0.4) is 0 Å². The van der Waals surface area contributed by atoms with Crippen molar-refractivity contribution in [3.63, 3.8) is 0 Å². The van der Waals surface area contributed by atoms with Crippen molar-refractivity contribution < 1.29 is 28.5 Å². The molecule has 0 radical (unpaired) electrons. The molecule has 4 rings (SSSR count). The highest BCUT2D eigenvalue weighted by molar-refractivity contribution is 5.80. The summed E-state index contributed by atoms with van der Waals surface area (Å²) in [6.45, 7) is 0.900. The second kappa shape index (κ2) is 11.0. The third kappa shape index (κ3) is 5.45. The van der Waals surface area contributed by atoms with E-state index in [4.69, 9.17) is 23.7 Å². The average molecular weight is 478 g/mol. The molecule has 0 saturated heterocycles. The van der Waals surface area contributed by atoms with E-state index < -0.39 is 0 Å². The van der Waals surface area contributed by atoms with E-state index in [-0.39, 0.29) is 11.9 Å². The molecule has 0 saturated carbocycles. The molecular formula is C28H31NO6. The van der Waals surface area contributed by atoms with Crippen LogP contribution in [0.25, 0.3) is 0 Å². The summed E-state index contributed by atoms with van der Waals surface area (Å²) in [5.41, 5.74) is 3.06. The molecule has 1 aliphatic rings. The van der Waals surface area contributed by atoms with Gasteiger partial charge in [-0.1, -0.05) is 12.1 Å². The normalized spacial score (nSPS) is 14.6. The molecule has 0 bridgehead atoms. The number of hydrogen-bond donors (Lipinski definition) is 0. The van der Waals surface area contributed by atoms with Crippen molar-refractivity contribution in [2.24, 2.45) is 0 Å². The number of nitrogens with zero attached hydrogens (tertiary/aromatic N) is 1. The molecule has 1 aliphatic heterocycles. The van der Waals surface area contributed by atoms with Gasteiger partial charge in [0, 0.05) is 6.54 Å². The minimum absolute atomic E-state index is 0.0407. The van der Waals surface area contributed by atoms with Gasteiger partial charge in [-0.2, -0.15) is 0 Å². The van der Waals surface area contributed by atoms with E-state index in [0.717, 1.165) is 34.6 Å². The Morgan fingerprint density at radius 3 is 1.97 bits per heavy atom. The third-order valence-corrected chi connectivity index (χ3v) is 6.30. The zero-order valence-electron chi connectivity index (χ0n) is 20.6. The quantitative estimate of drug-likeness (QED) is 0.453. The van der Waals surface area contributed by atoms with E-state index in [0.29, 0.717) is 36.8 Å². The zero-order chi connectivity index (χ0) is 24.8. The molecule has 0 N–H and O–H groups in total. The Morgan fingerprint density at radius 1 is 0.800 bits per heavy atom. The topological polar surface area (TPSA) is 66.5 Å². The molecule has 184 valence electrons. The molecule has 0 fully saturated rings. The maximum absolute atomic E-state index is 13.5. The Bertz CT molecular complexity index is 1140. The third-order valence-electron chi connectivity index (χ3n) is 6.30. The number of rotatable bonds is 9. The van der Waals surface area contributed by atoms with Crippen molar-refractivity contribution >= 4 is 5.91 Å². The Morgan fingerprint density at radius 2 is 1.37 bits per heavy atom. The molecule has 1 heterocycles. The first-order chi connectivity index (χ1) is 17.1. The monoisotopic (exact) mass is 477 g/mol. The Kier molecular flexibility index (Phi) is 7.65. The second-order valence-electron chi connectivity index (χ2n) is 8.27. The van der Waals surface area contributed by atoms with Crippen LogP contribution in [0.15, 0.2) is 60.7 Å². The van der Waals surface area contributed by atoms with Crippen molar-refractivity contribution in [3.8, 4) is 28.7 Å². The highest BCUT2D eigenvalue weighted by atomic mass is 16.5. The molecule has 0 unspecified atom stereocenters. The number of fused-ring (bicyclic) bond motifs is 1. The fraction of sp³-hybridized carbons (Fsp3) is 0.321. The van der Waals surface area contributed by atoms with Crippen LogP contribution in [0.2, 0.25) is 0 Å². The lowest BCUT2D eigenvalue weighted by Crippen LogP contribution is -2.43. The van der Waals surface area contributed by atoms with Crippen molar-refractivity contribution in [3.05, 3.63) is 77.4 Å². The summed E-state index contributed by atoms with van der Waals surface area (Å²) >= 11 is 0. The van der Waals surface area contributed by atoms with Crippen molar-refractivity contribution in [1.29, 1.82) is 0 Å². The number of hydrogen-bond acceptors (Lipinski definition) is 6. The fourth-order valence-electron chi connectivity index (χ4n) is 4.37. The van der Waals surface area contributed by atoms with E-state index in [1.165, 1.54) is 0 Å². The van der Waals surface area contributed by atoms with E-state index in [2.05, 4.69) is 0 Å². The summed E-state index contributed by atoms with van der Waals surface area (Å²) in [5.74, 6) is 3.58. The molecule has 3 aromatic carbocycles. The lowest BCUT2D eigenvalue weighted by molar-refractivity contribution is -0.134. The maximum atomic E-state index is 13.5. The Hall–Kier alpha value is -3.87. The summed E-state index contributed by atoms with van der Waals surface area (Å²) in [4.78, 5) is 15.4. The van der Waals surface area contributed by atoms with Gasteiger partial charge >= 0.3 is 0 Å². The minimum Gasteiger partial charge on any atom is -0.497 e. The predicted octanol–water partition coefficient (Wildman–Crippen LogP) is 4.47. The number of amides is 1. The standard InChI is InChI=1S/C28H31NO6/c1-31-21-7-5-19(6-8-21)15-28(30)29-14-13-20-16-26(33-3)27(34-4)17-24(20)25(29)18-35-23-11-9-22(32-2)10-12-23/h5-12,16-17,25H,13-15,18H2,1-4H3/t25-/m0/s1. The van der Waals surface area contributed by atoms with Gasteiger partial charge in [-0.25, -0.2) is 0 Å². The van der Waals surface area contributed by atoms with Gasteiger partial charge in [-0.15, -0.1) is 0 Å². The number of carbonyl (C=O) groups excluding carboxylic acids is 1. The van der Waals surface area contributed by atoms with E-state index in [9.17, 15) is 4.79 Å². The predicted molar refractivity (Wildman–Crippen MR) is 133 cm³/mol. The van der Waals surface area contributed by atoms with Crippen molar-refractivity contribution in [2.45, 2.75) is 18.9 Å². The highest BCUT2D eigenvalue weighted by Gasteiger charge is 2.32. The van der Waals surface area contributed by atoms with Crippen LogP contribution in [0, 0.1) is 0 Å². The van der Waals surface area contributed by atoms with Crippen LogP contribution < -0.4 is 23.7 Å². The molecule has 1 atom stereocenters. The van der Waals surface area contributed by atoms with E-state index in [1.54, 1.807) is 28.4 Å². The summed E-state index contributed by atoms with van der Waals surface area (Å²) in [7, 11) is 6.50. The second-order valence-corrected chi connectivity index (χ2v) is 8.27. The SMILES string of the molecule is COc1ccc(CC(=O)N2CCc3cc(OC)c(OC)cc3[C@@H]2COc2ccc(OC)cc2)cc1. The first-order valence-corrected chi connectivity index (χ1v) is 11.5. The lowest BCUT2D eigenvalue weighted by atomic mass is 9.91. The smallest absolute Gasteiger partial charge is 0.227 e. The van der Waals surface area contributed by atoms with Crippen LogP contribution in [0.5, 0.6) is 28.7 Å². The van der Waals surface area contributed by atoms with E-state index >= 15 is 0 Å². The Balaban J connectivity index is 1.61. The molecule has 0 aliphatic carbocycles. The molecule has 1 amide bonds. The van der Waals surface area contributed by atoms with Gasteiger partial charge in [0.15, 0.2) is 11.5 Å². The van der Waals surface area contributed by atoms with Gasteiger partial charge < -0.3 is 28.6 Å². The van der Waals surface area contributed by atoms with Crippen LogP contribution in [-0.4, -0.2) is 52.4 Å². The first kappa shape index (κ1) is 24.3. The van der Waals surface area contributed by atoms with Crippen LogP contribution in [-0.2, 0) is 17.6 Å². The molecule has 3 aromatic rings. The minimum atomic E-state index is -0.272. The van der Waals surface area contributed by atoms with Gasteiger partial charge in [0.25, 0.3) is 0 Å². The summed E-state index contributed by atoms with van der Waals surface area (Å²) in [5, 5.41) is 0. The largest absolute Gasteiger partial charge is 0.497 e. The summed E-state index contributed by atoms with van der Waals surface area (Å²) in [6, 6.07) is 18.7. The van der Waals surface area contributed by atoms with E-state index in [1.807, 2.05) is 65.6 Å². The number of ether oxygens (including phenoxy) is 5. The van der Waals surface area contributed by atoms with Crippen LogP contribution in [0.4, 0.5) is 0 Å². The van der Waals surface area contributed by atoms with Gasteiger partial charge in [0.05, 0.1) is 40.9 Å². The van der Waals surface area contributed by atoms with Crippen LogP contribution in [0.1, 0.15) is 22.7 Å². The van der Waals surface area contributed by atoms with Crippen LogP contribution >= 0.6 is 0 Å². The number of methoxy groups -OCH3 is 4. The average Bonchev–Trinajstić information content (AvgIpc) is 2.91. The fourth-order valence-corrected chi connectivity index (χ4v) is 4.37. The van der Waals surface area contributed by atoms with Crippen molar-refractivity contribution in [2.75, 3.05) is 41.6 Å². The van der Waals surface area contributed by atoms with Gasteiger partial charge in [0.1, 0.15) is 23.9 Å². The molecule has 0 aromatic heterocycles. The lowest BCUT2D eigenvalue weighted by Gasteiger charge is -2.37. The molecule has 7 heteroatoms. The molecule has 0 spiro atoms. The van der Waals surface area contributed by atoms with Gasteiger partial charge in [-0.3, -0.25) is 4.79 Å². The molecule has 35 heavy (non-hydrogen) atoms. The maximum Gasteiger partial charge on any atom is 0.227 e. The first-order valence-electron chi connectivity index (χ1n) is 11.5.